The van der Waals surface area contributed by atoms with E-state index in [1.165, 1.54) is 0 Å². The van der Waals surface area contributed by atoms with Crippen molar-refractivity contribution in [3.8, 4) is 16.9 Å². The van der Waals surface area contributed by atoms with Crippen molar-refractivity contribution >= 4 is 16.7 Å². The molecule has 4 aromatic rings. The molecule has 0 amide bonds. The molecular weight excluding hydrogens is 276 g/mol. The van der Waals surface area contributed by atoms with Gasteiger partial charge in [0.05, 0.1) is 23.8 Å². The number of aromatic nitrogens is 4. The van der Waals surface area contributed by atoms with Crippen LogP contribution in [-0.4, -0.2) is 26.7 Å². The fourth-order valence-electron chi connectivity index (χ4n) is 2.80. The molecule has 0 atom stereocenters. The monoisotopic (exact) mass is 290 g/mol. The van der Waals surface area contributed by atoms with Gasteiger partial charge in [0.15, 0.2) is 5.65 Å². The third-order valence-corrected chi connectivity index (χ3v) is 3.82. The van der Waals surface area contributed by atoms with Crippen molar-refractivity contribution in [2.75, 3.05) is 7.11 Å². The molecule has 0 saturated heterocycles. The van der Waals surface area contributed by atoms with Crippen LogP contribution >= 0.6 is 0 Å². The lowest BCUT2D eigenvalue weighted by atomic mass is 10.0. The molecule has 0 fully saturated rings. The van der Waals surface area contributed by atoms with E-state index >= 15 is 0 Å². The molecule has 0 aliphatic rings. The first-order chi connectivity index (χ1) is 10.8. The maximum atomic E-state index is 5.49. The summed E-state index contributed by atoms with van der Waals surface area (Å²) < 4.78 is 7.46. The van der Waals surface area contributed by atoms with E-state index in [1.54, 1.807) is 13.4 Å². The minimum absolute atomic E-state index is 0.782. The van der Waals surface area contributed by atoms with Crippen molar-refractivity contribution in [3.05, 3.63) is 54.5 Å². The maximum absolute atomic E-state index is 5.49. The van der Waals surface area contributed by atoms with E-state index in [0.717, 1.165) is 39.3 Å². The fourth-order valence-corrected chi connectivity index (χ4v) is 2.80. The Balaban J connectivity index is 2.13. The minimum Gasteiger partial charge on any atom is -0.496 e. The lowest BCUT2D eigenvalue weighted by molar-refractivity contribution is 0.416. The first kappa shape index (κ1) is 12.8. The molecule has 0 N–H and O–H groups in total. The molecule has 0 radical (unpaired) electrons. The van der Waals surface area contributed by atoms with Gasteiger partial charge in [-0.2, -0.15) is 0 Å². The van der Waals surface area contributed by atoms with Crippen LogP contribution in [0, 0.1) is 6.92 Å². The van der Waals surface area contributed by atoms with Gasteiger partial charge in [-0.15, -0.1) is 10.2 Å². The Bertz CT molecular complexity index is 990. The highest BCUT2D eigenvalue weighted by Crippen LogP contribution is 2.34. The summed E-state index contributed by atoms with van der Waals surface area (Å²) in [5.41, 5.74) is 5.59. The summed E-state index contributed by atoms with van der Waals surface area (Å²) in [6.07, 6.45) is 1.72. The van der Waals surface area contributed by atoms with Gasteiger partial charge in [0, 0.05) is 11.1 Å². The quantitative estimate of drug-likeness (QED) is 0.568. The van der Waals surface area contributed by atoms with Crippen LogP contribution in [0.25, 0.3) is 27.8 Å². The molecule has 5 nitrogen and oxygen atoms in total. The highest BCUT2D eigenvalue weighted by Gasteiger charge is 2.13. The van der Waals surface area contributed by atoms with E-state index in [9.17, 15) is 0 Å². The van der Waals surface area contributed by atoms with E-state index in [2.05, 4.69) is 16.3 Å². The summed E-state index contributed by atoms with van der Waals surface area (Å²) in [5.74, 6) is 0.832. The molecule has 5 heteroatoms. The van der Waals surface area contributed by atoms with Crippen molar-refractivity contribution in [1.82, 2.24) is 19.6 Å². The molecule has 0 unspecified atom stereocenters. The Morgan fingerprint density at radius 2 is 1.82 bits per heavy atom. The Morgan fingerprint density at radius 1 is 1.00 bits per heavy atom. The topological polar surface area (TPSA) is 52.3 Å². The van der Waals surface area contributed by atoms with Gasteiger partial charge in [-0.3, -0.25) is 4.40 Å². The molecule has 0 bridgehead atoms. The largest absolute Gasteiger partial charge is 0.496 e. The van der Waals surface area contributed by atoms with Gasteiger partial charge in [0.1, 0.15) is 12.1 Å². The van der Waals surface area contributed by atoms with E-state index in [0.29, 0.717) is 0 Å². The Morgan fingerprint density at radius 3 is 2.68 bits per heavy atom. The van der Waals surface area contributed by atoms with Gasteiger partial charge in [-0.25, -0.2) is 4.98 Å². The summed E-state index contributed by atoms with van der Waals surface area (Å²) >= 11 is 0. The van der Waals surface area contributed by atoms with Crippen molar-refractivity contribution in [2.24, 2.45) is 0 Å². The lowest BCUT2D eigenvalue weighted by Crippen LogP contribution is -1.97. The zero-order chi connectivity index (χ0) is 15.1. The normalized spacial score (nSPS) is 11.2. The smallest absolute Gasteiger partial charge is 0.182 e. The van der Waals surface area contributed by atoms with Crippen molar-refractivity contribution in [1.29, 1.82) is 0 Å². The van der Waals surface area contributed by atoms with Gasteiger partial charge in [0.2, 0.25) is 0 Å². The number of hydrogen-bond acceptors (Lipinski definition) is 4. The minimum atomic E-state index is 0.782. The van der Waals surface area contributed by atoms with Gasteiger partial charge in [-0.05, 0) is 19.1 Å². The van der Waals surface area contributed by atoms with Crippen LogP contribution in [0.3, 0.4) is 0 Å². The van der Waals surface area contributed by atoms with Crippen LogP contribution in [0.2, 0.25) is 0 Å². The molecule has 0 aliphatic carbocycles. The Labute approximate surface area is 127 Å². The van der Waals surface area contributed by atoms with Crippen molar-refractivity contribution in [3.63, 3.8) is 0 Å². The highest BCUT2D eigenvalue weighted by molar-refractivity contribution is 5.94. The standard InChI is InChI=1S/C17H14N4O/c1-11-17-20-18-10-21(17)14-8-5-7-13(16(14)19-11)12-6-3-4-9-15(12)22-2/h3-10H,1-2H3. The Hall–Kier alpha value is -2.95. The van der Waals surface area contributed by atoms with Crippen molar-refractivity contribution < 1.29 is 4.74 Å². The van der Waals surface area contributed by atoms with E-state index < -0.39 is 0 Å². The molecular formula is C17H14N4O. The molecule has 2 aromatic heterocycles. The van der Waals surface area contributed by atoms with Crippen LogP contribution in [0.4, 0.5) is 0 Å². The number of nitrogens with zero attached hydrogens (tertiary/aromatic N) is 4. The first-order valence-corrected chi connectivity index (χ1v) is 7.02. The van der Waals surface area contributed by atoms with Gasteiger partial charge in [-0.1, -0.05) is 30.3 Å². The first-order valence-electron chi connectivity index (χ1n) is 7.02. The van der Waals surface area contributed by atoms with Crippen LogP contribution in [0.15, 0.2) is 48.8 Å². The molecule has 0 spiro atoms. The predicted octanol–water partition coefficient (Wildman–Crippen LogP) is 3.26. The number of aryl methyl sites for hydroxylation is 1. The van der Waals surface area contributed by atoms with Crippen LogP contribution in [0.5, 0.6) is 5.75 Å². The number of hydrogen-bond donors (Lipinski definition) is 0. The number of rotatable bonds is 2. The van der Waals surface area contributed by atoms with E-state index in [1.807, 2.05) is 47.7 Å². The SMILES string of the molecule is COc1ccccc1-c1cccc2c1nc(C)c1nncn12. The third-order valence-electron chi connectivity index (χ3n) is 3.82. The molecule has 0 saturated carbocycles. The summed E-state index contributed by atoms with van der Waals surface area (Å²) in [6, 6.07) is 14.1. The summed E-state index contributed by atoms with van der Waals surface area (Å²) in [4.78, 5) is 4.75. The molecule has 22 heavy (non-hydrogen) atoms. The maximum Gasteiger partial charge on any atom is 0.182 e. The van der Waals surface area contributed by atoms with Gasteiger partial charge < -0.3 is 4.74 Å². The summed E-state index contributed by atoms with van der Waals surface area (Å²) in [5, 5.41) is 8.13. The second kappa shape index (κ2) is 4.80. The zero-order valence-corrected chi connectivity index (χ0v) is 12.3. The van der Waals surface area contributed by atoms with Crippen LogP contribution < -0.4 is 4.74 Å². The third kappa shape index (κ3) is 1.75. The van der Waals surface area contributed by atoms with E-state index in [4.69, 9.17) is 9.72 Å². The average Bonchev–Trinajstić information content (AvgIpc) is 3.05. The summed E-state index contributed by atoms with van der Waals surface area (Å²) in [6.45, 7) is 1.95. The molecule has 2 heterocycles. The number of methoxy groups -OCH3 is 1. The Kier molecular flexibility index (Phi) is 2.79. The predicted molar refractivity (Wildman–Crippen MR) is 85.0 cm³/mol. The lowest BCUT2D eigenvalue weighted by Gasteiger charge is -2.12. The van der Waals surface area contributed by atoms with Crippen molar-refractivity contribution in [2.45, 2.75) is 6.92 Å². The fraction of sp³-hybridized carbons (Fsp3) is 0.118. The molecule has 108 valence electrons. The number of ether oxygens (including phenoxy) is 1. The van der Waals surface area contributed by atoms with Gasteiger partial charge >= 0.3 is 0 Å². The second-order valence-corrected chi connectivity index (χ2v) is 5.10. The van der Waals surface area contributed by atoms with Crippen LogP contribution in [-0.2, 0) is 0 Å². The zero-order valence-electron chi connectivity index (χ0n) is 12.3. The molecule has 4 rings (SSSR count). The highest BCUT2D eigenvalue weighted by atomic mass is 16.5. The van der Waals surface area contributed by atoms with Crippen LogP contribution in [0.1, 0.15) is 5.69 Å². The number of fused-ring (bicyclic) bond motifs is 3. The number of benzene rings is 2. The molecule has 0 aliphatic heterocycles. The molecule has 2 aromatic carbocycles. The number of para-hydroxylation sites is 2. The van der Waals surface area contributed by atoms with Gasteiger partial charge in [0.25, 0.3) is 0 Å². The second-order valence-electron chi connectivity index (χ2n) is 5.10. The van der Waals surface area contributed by atoms with E-state index in [-0.39, 0.29) is 0 Å². The summed E-state index contributed by atoms with van der Waals surface area (Å²) in [7, 11) is 1.68. The average molecular weight is 290 g/mol.